The Labute approximate surface area is 172 Å². The van der Waals surface area contributed by atoms with Crippen molar-refractivity contribution >= 4 is 5.91 Å². The number of nitrogens with zero attached hydrogens (tertiary/aromatic N) is 3. The van der Waals surface area contributed by atoms with Crippen LogP contribution < -0.4 is 4.74 Å². The highest BCUT2D eigenvalue weighted by Crippen LogP contribution is 2.31. The predicted molar refractivity (Wildman–Crippen MR) is 96.0 cm³/mol. The van der Waals surface area contributed by atoms with Crippen LogP contribution in [0.4, 0.5) is 22.0 Å². The number of aromatic nitrogens is 2. The molecule has 1 fully saturated rings. The van der Waals surface area contributed by atoms with Crippen LogP contribution in [-0.2, 0) is 6.18 Å². The van der Waals surface area contributed by atoms with Gasteiger partial charge in [-0.25, -0.2) is 8.78 Å². The summed E-state index contributed by atoms with van der Waals surface area (Å²) < 4.78 is 75.7. The summed E-state index contributed by atoms with van der Waals surface area (Å²) in [5.74, 6) is -4.05. The Bertz CT molecular complexity index is 1120. The third-order valence-corrected chi connectivity index (χ3v) is 4.69. The van der Waals surface area contributed by atoms with Crippen molar-refractivity contribution < 1.29 is 36.0 Å². The number of hydrogen-bond donors (Lipinski definition) is 0. The number of likely N-dealkylation sites (tertiary alicyclic amines) is 1. The van der Waals surface area contributed by atoms with Crippen molar-refractivity contribution in [3.8, 4) is 17.1 Å². The van der Waals surface area contributed by atoms with Gasteiger partial charge in [-0.1, -0.05) is 17.3 Å². The number of ether oxygens (including phenoxy) is 1. The molecule has 162 valence electrons. The maximum atomic E-state index is 14.4. The monoisotopic (exact) mass is 439 g/mol. The van der Waals surface area contributed by atoms with Crippen molar-refractivity contribution in [2.45, 2.75) is 18.7 Å². The second kappa shape index (κ2) is 7.97. The second-order valence-electron chi connectivity index (χ2n) is 6.83. The summed E-state index contributed by atoms with van der Waals surface area (Å²) >= 11 is 0. The first-order chi connectivity index (χ1) is 14.7. The molecule has 1 amide bonds. The molecular formula is C20H14F5N3O3. The van der Waals surface area contributed by atoms with E-state index in [-0.39, 0.29) is 23.4 Å². The van der Waals surface area contributed by atoms with Gasteiger partial charge in [0.25, 0.3) is 5.91 Å². The number of alkyl halides is 3. The number of carbonyl (C=O) groups is 1. The van der Waals surface area contributed by atoms with Crippen LogP contribution in [0, 0.1) is 11.6 Å². The van der Waals surface area contributed by atoms with E-state index in [1.807, 2.05) is 0 Å². The van der Waals surface area contributed by atoms with Gasteiger partial charge < -0.3 is 14.2 Å². The minimum Gasteiger partial charge on any atom is -0.485 e. The van der Waals surface area contributed by atoms with Crippen LogP contribution in [0.3, 0.4) is 0 Å². The highest BCUT2D eigenvalue weighted by atomic mass is 19.4. The Hall–Kier alpha value is -3.50. The van der Waals surface area contributed by atoms with E-state index in [4.69, 9.17) is 4.74 Å². The van der Waals surface area contributed by atoms with E-state index in [1.54, 1.807) is 6.07 Å². The number of benzene rings is 2. The summed E-state index contributed by atoms with van der Waals surface area (Å²) in [4.78, 5) is 17.1. The topological polar surface area (TPSA) is 68.5 Å². The van der Waals surface area contributed by atoms with Gasteiger partial charge in [0, 0.05) is 18.5 Å². The second-order valence-corrected chi connectivity index (χ2v) is 6.83. The first-order valence-corrected chi connectivity index (χ1v) is 9.13. The minimum absolute atomic E-state index is 0.0214. The summed E-state index contributed by atoms with van der Waals surface area (Å²) in [6, 6.07) is 9.06. The number of carbonyl (C=O) groups excluding carboxylic acids is 1. The molecule has 4 rings (SSSR count). The van der Waals surface area contributed by atoms with Crippen LogP contribution >= 0.6 is 0 Å². The molecule has 1 aliphatic heterocycles. The van der Waals surface area contributed by atoms with Gasteiger partial charge in [0.1, 0.15) is 11.9 Å². The number of halogens is 5. The van der Waals surface area contributed by atoms with Gasteiger partial charge in [0.05, 0.1) is 12.1 Å². The van der Waals surface area contributed by atoms with E-state index in [9.17, 15) is 26.7 Å². The average Bonchev–Trinajstić information content (AvgIpc) is 3.39. The fourth-order valence-electron chi connectivity index (χ4n) is 3.18. The highest BCUT2D eigenvalue weighted by molar-refractivity contribution is 5.94. The molecule has 0 aliphatic carbocycles. The van der Waals surface area contributed by atoms with E-state index < -0.39 is 41.5 Å². The van der Waals surface area contributed by atoms with Gasteiger partial charge in [-0.2, -0.15) is 18.2 Å². The Morgan fingerprint density at radius 2 is 1.90 bits per heavy atom. The maximum Gasteiger partial charge on any atom is 0.471 e. The molecule has 0 radical (unpaired) electrons. The lowest BCUT2D eigenvalue weighted by Crippen LogP contribution is -2.31. The third kappa shape index (κ3) is 4.35. The fraction of sp³-hybridized carbons (Fsp3) is 0.250. The third-order valence-electron chi connectivity index (χ3n) is 4.69. The quantitative estimate of drug-likeness (QED) is 0.567. The Morgan fingerprint density at radius 3 is 2.58 bits per heavy atom. The van der Waals surface area contributed by atoms with Gasteiger partial charge in [0.15, 0.2) is 11.6 Å². The zero-order valence-electron chi connectivity index (χ0n) is 15.7. The van der Waals surface area contributed by atoms with Crippen LogP contribution in [-0.4, -0.2) is 40.1 Å². The lowest BCUT2D eigenvalue weighted by atomic mass is 10.2. The van der Waals surface area contributed by atoms with Gasteiger partial charge in [-0.3, -0.25) is 4.79 Å². The molecule has 3 aromatic rings. The lowest BCUT2D eigenvalue weighted by Gasteiger charge is -2.18. The van der Waals surface area contributed by atoms with Gasteiger partial charge in [-0.15, -0.1) is 0 Å². The molecule has 2 heterocycles. The molecule has 31 heavy (non-hydrogen) atoms. The zero-order valence-corrected chi connectivity index (χ0v) is 15.7. The molecule has 2 aromatic carbocycles. The molecule has 0 saturated carbocycles. The summed E-state index contributed by atoms with van der Waals surface area (Å²) in [6.45, 7) is 0.439. The van der Waals surface area contributed by atoms with Crippen LogP contribution in [0.25, 0.3) is 11.4 Å². The molecule has 0 unspecified atom stereocenters. The van der Waals surface area contributed by atoms with Crippen molar-refractivity contribution in [3.63, 3.8) is 0 Å². The molecule has 0 spiro atoms. The fourth-order valence-corrected chi connectivity index (χ4v) is 3.18. The van der Waals surface area contributed by atoms with Crippen LogP contribution in [0.2, 0.25) is 0 Å². The molecule has 1 aliphatic rings. The molecule has 11 heteroatoms. The van der Waals surface area contributed by atoms with Crippen molar-refractivity contribution in [2.24, 2.45) is 0 Å². The summed E-state index contributed by atoms with van der Waals surface area (Å²) in [6.07, 6.45) is -4.93. The number of amides is 1. The largest absolute Gasteiger partial charge is 0.485 e. The predicted octanol–water partition coefficient (Wildman–Crippen LogP) is 4.33. The van der Waals surface area contributed by atoms with Crippen LogP contribution in [0.1, 0.15) is 22.7 Å². The Kier molecular flexibility index (Phi) is 5.34. The van der Waals surface area contributed by atoms with E-state index in [0.717, 1.165) is 6.07 Å². The summed E-state index contributed by atoms with van der Waals surface area (Å²) in [5.41, 5.74) is -0.0797. The van der Waals surface area contributed by atoms with Crippen molar-refractivity contribution in [2.75, 3.05) is 13.1 Å². The molecule has 1 atom stereocenters. The Balaban J connectivity index is 1.43. The van der Waals surface area contributed by atoms with E-state index in [0.29, 0.717) is 13.0 Å². The van der Waals surface area contributed by atoms with Gasteiger partial charge >= 0.3 is 12.1 Å². The van der Waals surface area contributed by atoms with E-state index in [1.165, 1.54) is 35.2 Å². The average molecular weight is 439 g/mol. The highest BCUT2D eigenvalue weighted by Gasteiger charge is 2.38. The normalized spacial score (nSPS) is 16.5. The van der Waals surface area contributed by atoms with Crippen molar-refractivity contribution in [3.05, 3.63) is 65.6 Å². The van der Waals surface area contributed by atoms with Crippen molar-refractivity contribution in [1.82, 2.24) is 15.0 Å². The first kappa shape index (κ1) is 20.8. The van der Waals surface area contributed by atoms with E-state index in [2.05, 4.69) is 14.7 Å². The zero-order chi connectivity index (χ0) is 22.2. The lowest BCUT2D eigenvalue weighted by molar-refractivity contribution is -0.159. The molecular weight excluding hydrogens is 425 g/mol. The minimum atomic E-state index is -4.80. The number of rotatable bonds is 4. The SMILES string of the molecule is O=C(c1ccccc1F)N1CC[C@H](Oc2ccc(-c3noc(C(F)(F)F)n3)cc2F)C1. The van der Waals surface area contributed by atoms with Gasteiger partial charge in [-0.05, 0) is 30.3 Å². The Morgan fingerprint density at radius 1 is 1.13 bits per heavy atom. The van der Waals surface area contributed by atoms with Gasteiger partial charge in [0.2, 0.25) is 5.82 Å². The molecule has 0 bridgehead atoms. The number of hydrogen-bond acceptors (Lipinski definition) is 5. The molecule has 1 saturated heterocycles. The smallest absolute Gasteiger partial charge is 0.471 e. The maximum absolute atomic E-state index is 14.4. The first-order valence-electron chi connectivity index (χ1n) is 9.13. The summed E-state index contributed by atoms with van der Waals surface area (Å²) in [5, 5.41) is 3.20. The van der Waals surface area contributed by atoms with Crippen LogP contribution in [0.15, 0.2) is 47.0 Å². The summed E-state index contributed by atoms with van der Waals surface area (Å²) in [7, 11) is 0. The van der Waals surface area contributed by atoms with Crippen molar-refractivity contribution in [1.29, 1.82) is 0 Å². The molecule has 0 N–H and O–H groups in total. The molecule has 1 aromatic heterocycles. The standard InChI is InChI=1S/C20H14F5N3O3/c21-14-4-2-1-3-13(14)18(29)28-8-7-12(10-28)30-16-6-5-11(9-15(16)22)17-26-19(31-27-17)20(23,24)25/h1-6,9,12H,7-8,10H2/t12-/m0/s1. The molecule has 6 nitrogen and oxygen atoms in total. The van der Waals surface area contributed by atoms with E-state index >= 15 is 0 Å². The van der Waals surface area contributed by atoms with Crippen LogP contribution in [0.5, 0.6) is 5.75 Å².